The van der Waals surface area contributed by atoms with Crippen molar-refractivity contribution in [1.82, 2.24) is 4.90 Å². The Bertz CT molecular complexity index is 335. The molecule has 0 aromatic carbocycles. The van der Waals surface area contributed by atoms with Crippen molar-refractivity contribution in [3.05, 3.63) is 22.4 Å². The van der Waals surface area contributed by atoms with E-state index in [0.717, 1.165) is 25.8 Å². The lowest BCUT2D eigenvalue weighted by molar-refractivity contribution is -0.132. The molecule has 2 nitrogen and oxygen atoms in total. The number of rotatable bonds is 6. The lowest BCUT2D eigenvalue weighted by Gasteiger charge is -2.21. The van der Waals surface area contributed by atoms with Crippen LogP contribution in [-0.4, -0.2) is 22.7 Å². The van der Waals surface area contributed by atoms with Gasteiger partial charge in [-0.3, -0.25) is 4.79 Å². The summed E-state index contributed by atoms with van der Waals surface area (Å²) < 4.78 is 0. The molecule has 0 spiro atoms. The van der Waals surface area contributed by atoms with Crippen LogP contribution in [0.5, 0.6) is 0 Å². The highest BCUT2D eigenvalue weighted by molar-refractivity contribution is 7.07. The smallest absolute Gasteiger partial charge is 0.223 e. The number of alkyl halides is 1. The van der Waals surface area contributed by atoms with Gasteiger partial charge in [0.15, 0.2) is 0 Å². The predicted octanol–water partition coefficient (Wildman–Crippen LogP) is 3.26. The van der Waals surface area contributed by atoms with E-state index in [0.29, 0.717) is 18.3 Å². The van der Waals surface area contributed by atoms with E-state index in [1.807, 2.05) is 4.90 Å². The molecule has 1 aliphatic rings. The third-order valence-electron chi connectivity index (χ3n) is 2.77. The normalized spacial score (nSPS) is 15.1. The Balaban J connectivity index is 1.92. The molecule has 1 aromatic rings. The molecule has 1 fully saturated rings. The molecule has 16 heavy (non-hydrogen) atoms. The fourth-order valence-corrected chi connectivity index (χ4v) is 2.54. The number of hydrogen-bond acceptors (Lipinski definition) is 2. The van der Waals surface area contributed by atoms with Gasteiger partial charge in [-0.05, 0) is 41.7 Å². The molecular formula is C12H16ClNOS. The summed E-state index contributed by atoms with van der Waals surface area (Å²) >= 11 is 7.30. The van der Waals surface area contributed by atoms with E-state index in [4.69, 9.17) is 11.6 Å². The monoisotopic (exact) mass is 257 g/mol. The van der Waals surface area contributed by atoms with Crippen LogP contribution in [0.25, 0.3) is 0 Å². The Morgan fingerprint density at radius 1 is 1.56 bits per heavy atom. The summed E-state index contributed by atoms with van der Waals surface area (Å²) in [5.41, 5.74) is 1.25. The van der Waals surface area contributed by atoms with Gasteiger partial charge in [0.2, 0.25) is 5.91 Å². The van der Waals surface area contributed by atoms with Crippen molar-refractivity contribution in [2.75, 3.05) is 5.88 Å². The Kier molecular flexibility index (Phi) is 4.24. The topological polar surface area (TPSA) is 20.3 Å². The first-order valence-electron chi connectivity index (χ1n) is 5.68. The number of carbonyl (C=O) groups excluding carboxylic acids is 1. The number of hydrogen-bond donors (Lipinski definition) is 0. The van der Waals surface area contributed by atoms with Gasteiger partial charge in [0.1, 0.15) is 0 Å². The van der Waals surface area contributed by atoms with E-state index in [9.17, 15) is 4.79 Å². The zero-order chi connectivity index (χ0) is 11.4. The van der Waals surface area contributed by atoms with Crippen LogP contribution in [0, 0.1) is 0 Å². The summed E-state index contributed by atoms with van der Waals surface area (Å²) in [5, 5.41) is 4.17. The van der Waals surface area contributed by atoms with E-state index < -0.39 is 0 Å². The third-order valence-corrected chi connectivity index (χ3v) is 3.76. The number of nitrogens with zero attached hydrogens (tertiary/aromatic N) is 1. The molecule has 1 saturated carbocycles. The Morgan fingerprint density at radius 2 is 2.38 bits per heavy atom. The van der Waals surface area contributed by atoms with Gasteiger partial charge >= 0.3 is 0 Å². The van der Waals surface area contributed by atoms with Crippen molar-refractivity contribution in [2.24, 2.45) is 0 Å². The van der Waals surface area contributed by atoms with Crippen LogP contribution in [0.2, 0.25) is 0 Å². The fraction of sp³-hybridized carbons (Fsp3) is 0.583. The van der Waals surface area contributed by atoms with Gasteiger partial charge in [-0.1, -0.05) is 0 Å². The maximum Gasteiger partial charge on any atom is 0.223 e. The van der Waals surface area contributed by atoms with Crippen LogP contribution in [0.4, 0.5) is 0 Å². The van der Waals surface area contributed by atoms with E-state index >= 15 is 0 Å². The zero-order valence-electron chi connectivity index (χ0n) is 9.19. The van der Waals surface area contributed by atoms with Crippen molar-refractivity contribution in [2.45, 2.75) is 38.3 Å². The Morgan fingerprint density at radius 3 is 2.94 bits per heavy atom. The molecule has 0 N–H and O–H groups in total. The average molecular weight is 258 g/mol. The molecule has 4 heteroatoms. The number of halogens is 1. The summed E-state index contributed by atoms with van der Waals surface area (Å²) in [6.07, 6.45) is 3.70. The molecular weight excluding hydrogens is 242 g/mol. The molecule has 0 unspecified atom stereocenters. The SMILES string of the molecule is O=C(CCCCl)N(Cc1ccsc1)C1CC1. The van der Waals surface area contributed by atoms with Crippen molar-refractivity contribution < 1.29 is 4.79 Å². The van der Waals surface area contributed by atoms with Gasteiger partial charge < -0.3 is 4.90 Å². The fourth-order valence-electron chi connectivity index (χ4n) is 1.75. The number of carbonyl (C=O) groups is 1. The molecule has 0 aliphatic heterocycles. The second kappa shape index (κ2) is 5.69. The van der Waals surface area contributed by atoms with Gasteiger partial charge in [-0.25, -0.2) is 0 Å². The van der Waals surface area contributed by atoms with Gasteiger partial charge in [-0.2, -0.15) is 11.3 Å². The highest BCUT2D eigenvalue weighted by Crippen LogP contribution is 2.29. The van der Waals surface area contributed by atoms with Crippen molar-refractivity contribution >= 4 is 28.8 Å². The summed E-state index contributed by atoms with van der Waals surface area (Å²) in [4.78, 5) is 14.0. The van der Waals surface area contributed by atoms with Crippen molar-refractivity contribution in [1.29, 1.82) is 0 Å². The third kappa shape index (κ3) is 3.22. The zero-order valence-corrected chi connectivity index (χ0v) is 10.8. The Labute approximate surface area is 105 Å². The maximum atomic E-state index is 12.0. The molecule has 1 amide bonds. The minimum Gasteiger partial charge on any atom is -0.335 e. The molecule has 0 radical (unpaired) electrons. The van der Waals surface area contributed by atoms with Crippen LogP contribution in [-0.2, 0) is 11.3 Å². The van der Waals surface area contributed by atoms with E-state index in [1.54, 1.807) is 11.3 Å². The van der Waals surface area contributed by atoms with Crippen LogP contribution < -0.4 is 0 Å². The molecule has 88 valence electrons. The average Bonchev–Trinajstić information content (AvgIpc) is 3.00. The van der Waals surface area contributed by atoms with Crippen LogP contribution >= 0.6 is 22.9 Å². The molecule has 0 bridgehead atoms. The van der Waals surface area contributed by atoms with Crippen molar-refractivity contribution in [3.8, 4) is 0 Å². The van der Waals surface area contributed by atoms with E-state index in [1.165, 1.54) is 5.56 Å². The molecule has 1 aromatic heterocycles. The van der Waals surface area contributed by atoms with Crippen LogP contribution in [0.3, 0.4) is 0 Å². The first-order chi connectivity index (χ1) is 7.81. The van der Waals surface area contributed by atoms with Gasteiger partial charge in [0.05, 0.1) is 0 Å². The lowest BCUT2D eigenvalue weighted by Crippen LogP contribution is -2.32. The van der Waals surface area contributed by atoms with Crippen molar-refractivity contribution in [3.63, 3.8) is 0 Å². The summed E-state index contributed by atoms with van der Waals surface area (Å²) in [6.45, 7) is 0.773. The standard InChI is InChI=1S/C12H16ClNOS/c13-6-1-2-12(15)14(11-3-4-11)8-10-5-7-16-9-10/h5,7,9,11H,1-4,6,8H2. The molecule has 2 rings (SSSR count). The second-order valence-corrected chi connectivity index (χ2v) is 5.33. The number of amides is 1. The van der Waals surface area contributed by atoms with E-state index in [-0.39, 0.29) is 5.91 Å². The second-order valence-electron chi connectivity index (χ2n) is 4.18. The Hall–Kier alpha value is -0.540. The predicted molar refractivity (Wildman–Crippen MR) is 67.8 cm³/mol. The van der Waals surface area contributed by atoms with Gasteiger partial charge in [0, 0.05) is 24.9 Å². The molecule has 1 aliphatic carbocycles. The quantitative estimate of drug-likeness (QED) is 0.717. The summed E-state index contributed by atoms with van der Waals surface area (Å²) in [7, 11) is 0. The first kappa shape index (κ1) is 11.9. The highest BCUT2D eigenvalue weighted by atomic mass is 35.5. The number of thiophene rings is 1. The van der Waals surface area contributed by atoms with Crippen LogP contribution in [0.15, 0.2) is 16.8 Å². The highest BCUT2D eigenvalue weighted by Gasteiger charge is 2.32. The van der Waals surface area contributed by atoms with Gasteiger partial charge in [0.25, 0.3) is 0 Å². The van der Waals surface area contributed by atoms with Crippen LogP contribution in [0.1, 0.15) is 31.2 Å². The first-order valence-corrected chi connectivity index (χ1v) is 7.15. The minimum absolute atomic E-state index is 0.259. The maximum absolute atomic E-state index is 12.0. The molecule has 0 atom stereocenters. The van der Waals surface area contributed by atoms with E-state index in [2.05, 4.69) is 16.8 Å². The lowest BCUT2D eigenvalue weighted by atomic mass is 10.2. The largest absolute Gasteiger partial charge is 0.335 e. The summed E-state index contributed by atoms with van der Waals surface area (Å²) in [5.74, 6) is 0.831. The molecule has 1 heterocycles. The van der Waals surface area contributed by atoms with Gasteiger partial charge in [-0.15, -0.1) is 11.6 Å². The summed E-state index contributed by atoms with van der Waals surface area (Å²) in [6, 6.07) is 2.58. The molecule has 0 saturated heterocycles. The minimum atomic E-state index is 0.259.